The van der Waals surface area contributed by atoms with Crippen LogP contribution in [0.5, 0.6) is 0 Å². The number of hydrogen-bond acceptors (Lipinski definition) is 5. The molecule has 0 saturated heterocycles. The first-order chi connectivity index (χ1) is 30.7. The Morgan fingerprint density at radius 2 is 1.00 bits per heavy atom. The monoisotopic (exact) mass is 805 g/mol. The van der Waals surface area contributed by atoms with Gasteiger partial charge in [0.2, 0.25) is 0 Å². The molecule has 0 unspecified atom stereocenters. The fourth-order valence-electron chi connectivity index (χ4n) is 11.1. The number of nitrogens with zero attached hydrogens (tertiary/aromatic N) is 5. The summed E-state index contributed by atoms with van der Waals surface area (Å²) in [5.41, 5.74) is 11.9. The van der Waals surface area contributed by atoms with Gasteiger partial charge in [-0.25, -0.2) is 15.0 Å². The number of hydrogen-bond donors (Lipinski definition) is 0. The maximum absolute atomic E-state index is 6.32. The Balaban J connectivity index is 0.972. The zero-order valence-corrected chi connectivity index (χ0v) is 33.5. The van der Waals surface area contributed by atoms with Gasteiger partial charge in [-0.1, -0.05) is 109 Å². The van der Waals surface area contributed by atoms with Crippen LogP contribution in [-0.2, 0) is 0 Å². The largest absolute Gasteiger partial charge is 0.456 e. The Bertz CT molecular complexity index is 4510. The van der Waals surface area contributed by atoms with Crippen molar-refractivity contribution in [3.8, 4) is 39.9 Å². The molecule has 0 fully saturated rings. The van der Waals surface area contributed by atoms with Crippen molar-refractivity contribution < 1.29 is 4.42 Å². The standard InChI is InChI=1S/C55H27N5OS/c1-2-9-28(10-3-1)53-56-54(29-17-18-33-32-13-6-7-16-42(32)61-43(33)27-29)58-55(57-53)38-20-22-39(31-12-5-4-11-30(31)38)59-40-24-26-44-48-46(40)47-41(59)23-19-36-34-14-8-15-35-37-21-25-45(62-44)49(48)52(37)60(50(34)35)51(36)47/h1-27H. The SMILES string of the molecule is c1ccc(-c2nc(-c3ccc4c(c3)oc3ccccc34)nc(-c3ccc(-n4c5ccc6sc7ccc8c9cccc%10c%11ccc4c4c5c6c7c8n(c9%10)c%114)c4ccccc34)n2)cc1. The molecule has 0 atom stereocenters. The van der Waals surface area contributed by atoms with Gasteiger partial charge in [0.05, 0.1) is 33.3 Å². The van der Waals surface area contributed by atoms with Crippen LogP contribution in [0.1, 0.15) is 0 Å². The minimum atomic E-state index is 0.593. The lowest BCUT2D eigenvalue weighted by Gasteiger charge is -2.15. The number of furan rings is 1. The second-order valence-electron chi connectivity index (χ2n) is 16.7. The molecule has 0 spiro atoms. The lowest BCUT2D eigenvalue weighted by atomic mass is 10.0. The summed E-state index contributed by atoms with van der Waals surface area (Å²) in [6.45, 7) is 0. The van der Waals surface area contributed by atoms with Gasteiger partial charge in [0, 0.05) is 85.3 Å². The van der Waals surface area contributed by atoms with Crippen LogP contribution in [-0.4, -0.2) is 23.9 Å². The minimum absolute atomic E-state index is 0.593. The third kappa shape index (κ3) is 3.76. The normalized spacial score (nSPS) is 12.8. The minimum Gasteiger partial charge on any atom is -0.456 e. The average molecular weight is 806 g/mol. The number of aromatic nitrogens is 5. The fraction of sp³-hybridized carbons (Fsp3) is 0. The van der Waals surface area contributed by atoms with E-state index >= 15 is 0 Å². The van der Waals surface area contributed by atoms with Crippen molar-refractivity contribution in [1.29, 1.82) is 0 Å². The average Bonchev–Trinajstić information content (AvgIpc) is 4.12. The molecule has 16 rings (SSSR count). The highest BCUT2D eigenvalue weighted by molar-refractivity contribution is 7.26. The molecule has 16 aromatic rings. The summed E-state index contributed by atoms with van der Waals surface area (Å²) in [6, 6.07) is 58.7. The summed E-state index contributed by atoms with van der Waals surface area (Å²) in [6.07, 6.45) is 0. The van der Waals surface area contributed by atoms with Crippen molar-refractivity contribution in [2.45, 2.75) is 0 Å². The van der Waals surface area contributed by atoms with Crippen LogP contribution in [0, 0.1) is 0 Å². The highest BCUT2D eigenvalue weighted by Gasteiger charge is 2.29. The predicted molar refractivity (Wildman–Crippen MR) is 256 cm³/mol. The molecule has 0 saturated carbocycles. The third-order valence-electron chi connectivity index (χ3n) is 13.6. The summed E-state index contributed by atoms with van der Waals surface area (Å²) >= 11 is 1.91. The molecule has 6 nitrogen and oxygen atoms in total. The zero-order valence-electron chi connectivity index (χ0n) is 32.6. The Kier molecular flexibility index (Phi) is 5.62. The zero-order chi connectivity index (χ0) is 39.9. The lowest BCUT2D eigenvalue weighted by Crippen LogP contribution is -2.01. The van der Waals surface area contributed by atoms with Crippen molar-refractivity contribution in [2.75, 3.05) is 0 Å². The molecule has 0 aliphatic rings. The number of thiophene rings is 1. The van der Waals surface area contributed by atoms with E-state index in [0.29, 0.717) is 17.5 Å². The first-order valence-corrected chi connectivity index (χ1v) is 21.8. The smallest absolute Gasteiger partial charge is 0.164 e. The molecule has 9 aromatic carbocycles. The predicted octanol–water partition coefficient (Wildman–Crippen LogP) is 14.9. The molecule has 0 bridgehead atoms. The van der Waals surface area contributed by atoms with Gasteiger partial charge in [-0.05, 0) is 60.0 Å². The Labute approximate surface area is 354 Å². The Hall–Kier alpha value is -8.13. The molecule has 7 aromatic heterocycles. The molecule has 0 aliphatic carbocycles. The quantitative estimate of drug-likeness (QED) is 0.178. The van der Waals surface area contributed by atoms with Gasteiger partial charge in [0.15, 0.2) is 17.5 Å². The summed E-state index contributed by atoms with van der Waals surface area (Å²) in [4.78, 5) is 15.5. The van der Waals surface area contributed by atoms with Crippen LogP contribution in [0.3, 0.4) is 0 Å². The molecule has 62 heavy (non-hydrogen) atoms. The first kappa shape index (κ1) is 31.7. The highest BCUT2D eigenvalue weighted by atomic mass is 32.1. The maximum Gasteiger partial charge on any atom is 0.164 e. The topological polar surface area (TPSA) is 61.2 Å². The van der Waals surface area contributed by atoms with Crippen molar-refractivity contribution >= 4 is 124 Å². The van der Waals surface area contributed by atoms with Crippen LogP contribution in [0.4, 0.5) is 0 Å². The van der Waals surface area contributed by atoms with Gasteiger partial charge in [-0.3, -0.25) is 0 Å². The van der Waals surface area contributed by atoms with Crippen molar-refractivity contribution in [2.24, 2.45) is 0 Å². The van der Waals surface area contributed by atoms with E-state index in [-0.39, 0.29) is 0 Å². The van der Waals surface area contributed by atoms with Crippen LogP contribution < -0.4 is 0 Å². The summed E-state index contributed by atoms with van der Waals surface area (Å²) in [7, 11) is 0. The second-order valence-corrected chi connectivity index (χ2v) is 17.7. The Morgan fingerprint density at radius 1 is 0.387 bits per heavy atom. The van der Waals surface area contributed by atoms with Gasteiger partial charge in [-0.2, -0.15) is 0 Å². The highest BCUT2D eigenvalue weighted by Crippen LogP contribution is 2.53. The van der Waals surface area contributed by atoms with E-state index in [9.17, 15) is 0 Å². The molecular formula is C55H27N5OS. The molecular weight excluding hydrogens is 779 g/mol. The molecule has 0 aliphatic heterocycles. The summed E-state index contributed by atoms with van der Waals surface area (Å²) < 4.78 is 14.1. The van der Waals surface area contributed by atoms with E-state index in [2.05, 4.69) is 136 Å². The van der Waals surface area contributed by atoms with Crippen LogP contribution in [0.25, 0.3) is 153 Å². The van der Waals surface area contributed by atoms with Crippen molar-refractivity contribution in [1.82, 2.24) is 23.9 Å². The van der Waals surface area contributed by atoms with Crippen LogP contribution in [0.15, 0.2) is 168 Å². The molecule has 0 radical (unpaired) electrons. The molecule has 7 heteroatoms. The van der Waals surface area contributed by atoms with E-state index in [1.165, 1.54) is 80.1 Å². The van der Waals surface area contributed by atoms with Crippen LogP contribution in [0.2, 0.25) is 0 Å². The van der Waals surface area contributed by atoms with Crippen LogP contribution >= 0.6 is 11.3 Å². The van der Waals surface area contributed by atoms with E-state index in [0.717, 1.165) is 55.1 Å². The van der Waals surface area contributed by atoms with Gasteiger partial charge in [0.25, 0.3) is 0 Å². The summed E-state index contributed by atoms with van der Waals surface area (Å²) in [5.74, 6) is 1.83. The third-order valence-corrected chi connectivity index (χ3v) is 14.7. The van der Waals surface area contributed by atoms with Gasteiger partial charge in [-0.15, -0.1) is 11.3 Å². The number of rotatable bonds is 4. The van der Waals surface area contributed by atoms with Crippen molar-refractivity contribution in [3.05, 3.63) is 164 Å². The fourth-order valence-corrected chi connectivity index (χ4v) is 12.2. The number of fused-ring (bicyclic) bond motifs is 6. The van der Waals surface area contributed by atoms with Gasteiger partial charge in [0.1, 0.15) is 11.2 Å². The Morgan fingerprint density at radius 3 is 1.87 bits per heavy atom. The van der Waals surface area contributed by atoms with Gasteiger partial charge < -0.3 is 13.4 Å². The number of benzene rings is 9. The number of para-hydroxylation sites is 2. The van der Waals surface area contributed by atoms with Gasteiger partial charge >= 0.3 is 0 Å². The molecule has 7 heterocycles. The van der Waals surface area contributed by atoms with E-state index in [1.807, 2.05) is 47.7 Å². The van der Waals surface area contributed by atoms with E-state index in [1.54, 1.807) is 0 Å². The molecule has 0 amide bonds. The van der Waals surface area contributed by atoms with Crippen molar-refractivity contribution in [3.63, 3.8) is 0 Å². The molecule has 284 valence electrons. The van der Waals surface area contributed by atoms with E-state index < -0.39 is 0 Å². The second kappa shape index (κ2) is 11.0. The maximum atomic E-state index is 6.32. The summed E-state index contributed by atoms with van der Waals surface area (Å²) in [5, 5.41) is 15.0. The lowest BCUT2D eigenvalue weighted by molar-refractivity contribution is 0.669. The molecule has 0 N–H and O–H groups in total. The first-order valence-electron chi connectivity index (χ1n) is 20.9. The van der Waals surface area contributed by atoms with E-state index in [4.69, 9.17) is 19.4 Å².